The van der Waals surface area contributed by atoms with Gasteiger partial charge in [0.05, 0.1) is 37.4 Å². The molecule has 4 amide bonds. The molecule has 6 aromatic rings. The fourth-order valence-corrected chi connectivity index (χ4v) is 9.95. The summed E-state index contributed by atoms with van der Waals surface area (Å²) in [6.45, 7) is 1.79. The third-order valence-corrected chi connectivity index (χ3v) is 13.0. The van der Waals surface area contributed by atoms with Gasteiger partial charge in [0.15, 0.2) is 0 Å². The molecule has 0 aliphatic carbocycles. The third-order valence-electron chi connectivity index (χ3n) is 10.4. The van der Waals surface area contributed by atoms with Crippen LogP contribution in [0.5, 0.6) is 0 Å². The van der Waals surface area contributed by atoms with Crippen LogP contribution in [0.2, 0.25) is 0 Å². The molecule has 0 spiro atoms. The zero-order chi connectivity index (χ0) is 51.0. The predicted octanol–water partition coefficient (Wildman–Crippen LogP) is 11.2. The summed E-state index contributed by atoms with van der Waals surface area (Å²) < 4.78 is 70.0. The molecule has 4 N–H and O–H groups in total. The van der Waals surface area contributed by atoms with E-state index in [4.69, 9.17) is 9.47 Å². The fraction of sp³-hybridized carbons (Fsp3) is 0.245. The quantitative estimate of drug-likeness (QED) is 0.0602. The number of ether oxygens (including phenoxy) is 2. The second-order valence-electron chi connectivity index (χ2n) is 16.0. The summed E-state index contributed by atoms with van der Waals surface area (Å²) >= 11 is 1.86. The van der Waals surface area contributed by atoms with Crippen LogP contribution in [0, 0.1) is 23.3 Å². The molecule has 15 nitrogen and oxygen atoms in total. The highest BCUT2D eigenvalue weighted by atomic mass is 32.1. The van der Waals surface area contributed by atoms with Crippen LogP contribution in [0.25, 0.3) is 20.9 Å². The number of carboxylic acids is 2. The number of urea groups is 1. The minimum Gasteiger partial charge on any atom is -0.478 e. The van der Waals surface area contributed by atoms with Gasteiger partial charge in [-0.15, -0.1) is 22.7 Å². The molecule has 0 saturated carbocycles. The van der Waals surface area contributed by atoms with Gasteiger partial charge in [0.2, 0.25) is 0 Å². The molecule has 0 aliphatic heterocycles. The van der Waals surface area contributed by atoms with Gasteiger partial charge in [-0.1, -0.05) is 36.4 Å². The van der Waals surface area contributed by atoms with Crippen LogP contribution in [0.4, 0.5) is 53.3 Å². The van der Waals surface area contributed by atoms with Crippen molar-refractivity contribution < 1.29 is 61.2 Å². The first-order valence-electron chi connectivity index (χ1n) is 21.4. The molecule has 0 atom stereocenters. The van der Waals surface area contributed by atoms with Crippen LogP contribution in [0.3, 0.4) is 0 Å². The molecule has 0 bridgehead atoms. The largest absolute Gasteiger partial charge is 0.478 e. The molecule has 4 aromatic carbocycles. The smallest absolute Gasteiger partial charge is 0.415 e. The minimum atomic E-state index is -1.38. The topological polar surface area (TPSA) is 181 Å². The lowest BCUT2D eigenvalue weighted by Gasteiger charge is -2.22. The minimum absolute atomic E-state index is 0.0961. The summed E-state index contributed by atoms with van der Waals surface area (Å²) in [6, 6.07) is 18.7. The lowest BCUT2D eigenvalue weighted by Crippen LogP contribution is -2.32. The average molecular weight is 1010 g/mol. The zero-order valence-electron chi connectivity index (χ0n) is 38.7. The van der Waals surface area contributed by atoms with Crippen molar-refractivity contribution >= 4 is 74.2 Å². The van der Waals surface area contributed by atoms with Crippen LogP contribution in [0.1, 0.15) is 56.8 Å². The Kier molecular flexibility index (Phi) is 17.0. The molecule has 0 radical (unpaired) electrons. The molecule has 70 heavy (non-hydrogen) atoms. The highest BCUT2D eigenvalue weighted by Gasteiger charge is 2.34. The number of amides is 4. The molecule has 0 unspecified atom stereocenters. The van der Waals surface area contributed by atoms with Gasteiger partial charge in [-0.05, 0) is 102 Å². The standard InChI is InChI=1S/C49H48F4N6O9S2/c1-7-67-48(65)58(25-31-35(50)11-9-12-36(31)51)43-39(45(60)61)33(23-56(3)4)41(69-43)27-15-19-29(20-16-27)54-47(64)55-30-21-17-28(18-22-30)42-34(24-57(5)6)40(46(62)63)44(70-42)59(49(66)68-8-2)26-32-37(52)13-10-14-38(32)53/h9-22H,7-8,23-26H2,1-6H3,(H,60,61)(H,62,63)(H2,54,55,64). The van der Waals surface area contributed by atoms with Crippen molar-refractivity contribution in [1.29, 1.82) is 0 Å². The Morgan fingerprint density at radius 3 is 1.13 bits per heavy atom. The van der Waals surface area contributed by atoms with E-state index < -0.39 is 77.6 Å². The monoisotopic (exact) mass is 1000 g/mol. The summed E-state index contributed by atoms with van der Waals surface area (Å²) in [4.78, 5) is 72.0. The van der Waals surface area contributed by atoms with Gasteiger partial charge in [0, 0.05) is 56.5 Å². The van der Waals surface area contributed by atoms with E-state index in [0.29, 0.717) is 43.4 Å². The SMILES string of the molecule is CCOC(=O)N(Cc1c(F)cccc1F)c1sc(-c2ccc(NC(=O)Nc3ccc(-c4sc(N(Cc5c(F)cccc5F)C(=O)OCC)c(C(=O)O)c4CN(C)C)cc3)cc2)c(CN(C)C)c1C(=O)O. The van der Waals surface area contributed by atoms with Gasteiger partial charge in [-0.3, -0.25) is 9.80 Å². The Balaban J connectivity index is 1.27. The van der Waals surface area contributed by atoms with Gasteiger partial charge < -0.3 is 40.1 Å². The molecular weight excluding hydrogens is 957 g/mol. The van der Waals surface area contributed by atoms with Crippen molar-refractivity contribution in [3.05, 3.63) is 142 Å². The van der Waals surface area contributed by atoms with Gasteiger partial charge in [-0.25, -0.2) is 41.5 Å². The van der Waals surface area contributed by atoms with E-state index in [1.54, 1.807) is 100 Å². The van der Waals surface area contributed by atoms with Gasteiger partial charge in [0.1, 0.15) is 33.3 Å². The number of thiophene rings is 2. The summed E-state index contributed by atoms with van der Waals surface area (Å²) in [5, 5.41) is 26.3. The first-order chi connectivity index (χ1) is 33.3. The fourth-order valence-electron chi connectivity index (χ4n) is 7.35. The van der Waals surface area contributed by atoms with E-state index in [2.05, 4.69) is 10.6 Å². The van der Waals surface area contributed by atoms with Gasteiger partial charge in [0.25, 0.3) is 0 Å². The molecule has 0 aliphatic rings. The number of nitrogens with one attached hydrogen (secondary N) is 2. The van der Waals surface area contributed by atoms with Crippen LogP contribution in [-0.2, 0) is 35.7 Å². The summed E-state index contributed by atoms with van der Waals surface area (Å²) in [7, 11) is 6.90. The molecular formula is C49H48F4N6O9S2. The maximum absolute atomic E-state index is 14.9. The van der Waals surface area contributed by atoms with Crippen molar-refractivity contribution in [2.75, 3.05) is 61.8 Å². The Hall–Kier alpha value is -7.33. The van der Waals surface area contributed by atoms with Crippen LogP contribution in [0.15, 0.2) is 84.9 Å². The Morgan fingerprint density at radius 1 is 0.514 bits per heavy atom. The third kappa shape index (κ3) is 11.9. The molecule has 368 valence electrons. The Labute approximate surface area is 408 Å². The van der Waals surface area contributed by atoms with E-state index in [0.717, 1.165) is 56.7 Å². The number of rotatable bonds is 18. The second kappa shape index (κ2) is 22.9. The van der Waals surface area contributed by atoms with Crippen LogP contribution in [-0.4, -0.2) is 91.6 Å². The van der Waals surface area contributed by atoms with E-state index in [-0.39, 0.29) is 47.4 Å². The van der Waals surface area contributed by atoms with Crippen molar-refractivity contribution in [2.45, 2.75) is 40.0 Å². The summed E-state index contributed by atoms with van der Waals surface area (Å²) in [5.41, 5.74) is 0.928. The Morgan fingerprint density at radius 2 is 0.843 bits per heavy atom. The molecule has 6 rings (SSSR count). The number of hydrogen-bond acceptors (Lipinski definition) is 11. The lowest BCUT2D eigenvalue weighted by molar-refractivity contribution is 0.0685. The van der Waals surface area contributed by atoms with E-state index in [1.165, 1.54) is 12.1 Å². The lowest BCUT2D eigenvalue weighted by atomic mass is 10.0. The number of aromatic carboxylic acids is 2. The predicted molar refractivity (Wildman–Crippen MR) is 260 cm³/mol. The zero-order valence-corrected chi connectivity index (χ0v) is 40.3. The highest BCUT2D eigenvalue weighted by Crippen LogP contribution is 2.46. The van der Waals surface area contributed by atoms with Crippen molar-refractivity contribution in [1.82, 2.24) is 9.80 Å². The number of hydrogen-bond donors (Lipinski definition) is 4. The second-order valence-corrected chi connectivity index (χ2v) is 18.0. The van der Waals surface area contributed by atoms with Gasteiger partial charge in [-0.2, -0.15) is 0 Å². The van der Waals surface area contributed by atoms with E-state index in [9.17, 15) is 51.7 Å². The van der Waals surface area contributed by atoms with E-state index >= 15 is 0 Å². The molecule has 0 fully saturated rings. The molecule has 0 saturated heterocycles. The van der Waals surface area contributed by atoms with Gasteiger partial charge >= 0.3 is 30.2 Å². The normalized spacial score (nSPS) is 11.1. The first kappa shape index (κ1) is 52.0. The number of benzene rings is 4. The van der Waals surface area contributed by atoms with Crippen LogP contribution < -0.4 is 20.4 Å². The molecule has 2 aromatic heterocycles. The molecule has 21 heteroatoms. The first-order valence-corrected chi connectivity index (χ1v) is 23.1. The average Bonchev–Trinajstić information content (AvgIpc) is 3.85. The number of nitrogens with zero attached hydrogens (tertiary/aromatic N) is 4. The van der Waals surface area contributed by atoms with Crippen LogP contribution >= 0.6 is 22.7 Å². The number of halogens is 4. The summed E-state index contributed by atoms with van der Waals surface area (Å²) in [5.74, 6) is -6.48. The number of carbonyl (C=O) groups excluding carboxylic acids is 3. The van der Waals surface area contributed by atoms with Crippen molar-refractivity contribution in [3.8, 4) is 20.9 Å². The molecule has 2 heterocycles. The summed E-state index contributed by atoms with van der Waals surface area (Å²) in [6.07, 6.45) is -2.01. The van der Waals surface area contributed by atoms with Crippen molar-refractivity contribution in [2.24, 2.45) is 0 Å². The van der Waals surface area contributed by atoms with Crippen molar-refractivity contribution in [3.63, 3.8) is 0 Å². The number of carbonyl (C=O) groups is 5. The highest BCUT2D eigenvalue weighted by molar-refractivity contribution is 7.20. The Bertz CT molecular complexity index is 2680. The number of carboxylic acid groups (broad SMARTS) is 2. The maximum atomic E-state index is 14.9. The van der Waals surface area contributed by atoms with E-state index in [1.807, 2.05) is 0 Å². The number of anilines is 4. The maximum Gasteiger partial charge on any atom is 0.415 e.